The summed E-state index contributed by atoms with van der Waals surface area (Å²) in [5.41, 5.74) is 0. The molecule has 76 valence electrons. The fourth-order valence-electron chi connectivity index (χ4n) is 0.703. The Morgan fingerprint density at radius 3 is 2.15 bits per heavy atom. The number of hydrogen-bond acceptors (Lipinski definition) is 5. The van der Waals surface area contributed by atoms with Crippen LogP contribution in [0.25, 0.3) is 0 Å². The zero-order valence-corrected chi connectivity index (χ0v) is 8.00. The highest BCUT2D eigenvalue weighted by Crippen LogP contribution is 2.06. The van der Waals surface area contributed by atoms with Gasteiger partial charge in [-0.05, 0) is 6.92 Å². The van der Waals surface area contributed by atoms with Gasteiger partial charge >= 0.3 is 5.97 Å². The molecule has 1 unspecified atom stereocenters. The van der Waals surface area contributed by atoms with Crippen LogP contribution in [-0.4, -0.2) is 37.1 Å². The van der Waals surface area contributed by atoms with Crippen LogP contribution < -0.4 is 0 Å². The lowest BCUT2D eigenvalue weighted by atomic mass is 10.2. The molecule has 13 heavy (non-hydrogen) atoms. The molecule has 1 N–H and O–H groups in total. The molecule has 0 rings (SSSR count). The lowest BCUT2D eigenvalue weighted by molar-refractivity contribution is -0.141. The number of ether oxygens (including phenoxy) is 1. The second kappa shape index (κ2) is 4.33. The van der Waals surface area contributed by atoms with E-state index in [0.29, 0.717) is 0 Å². The summed E-state index contributed by atoms with van der Waals surface area (Å²) < 4.78 is 33.8. The van der Waals surface area contributed by atoms with Gasteiger partial charge in [-0.25, -0.2) is 0 Å². The Labute approximate surface area is 75.6 Å². The fourth-order valence-corrected chi connectivity index (χ4v) is 1.49. The second-order valence-electron chi connectivity index (χ2n) is 2.43. The number of rotatable bonds is 4. The molecule has 1 atom stereocenters. The maximum atomic E-state index is 10.8. The topological polar surface area (TPSA) is 97.7 Å². The Bertz CT molecular complexity index is 303. The predicted molar refractivity (Wildman–Crippen MR) is 42.7 cm³/mol. The highest BCUT2D eigenvalue weighted by Gasteiger charge is 2.33. The van der Waals surface area contributed by atoms with Gasteiger partial charge in [0.05, 0.1) is 7.11 Å². The summed E-state index contributed by atoms with van der Waals surface area (Å²) in [6, 6.07) is 0. The van der Waals surface area contributed by atoms with Crippen molar-refractivity contribution in [3.8, 4) is 0 Å². The van der Waals surface area contributed by atoms with Crippen molar-refractivity contribution in [3.63, 3.8) is 0 Å². The summed E-state index contributed by atoms with van der Waals surface area (Å²) in [6.07, 6.45) is -0.578. The van der Waals surface area contributed by atoms with Crippen molar-refractivity contribution in [1.29, 1.82) is 0 Å². The number of methoxy groups -OCH3 is 1. The summed E-state index contributed by atoms with van der Waals surface area (Å²) in [5, 5.41) is -1.81. The van der Waals surface area contributed by atoms with Gasteiger partial charge in [0.2, 0.25) is 0 Å². The summed E-state index contributed by atoms with van der Waals surface area (Å²) in [5.74, 6) is -1.66. The molecule has 6 nitrogen and oxygen atoms in total. The van der Waals surface area contributed by atoms with Gasteiger partial charge in [0, 0.05) is 6.42 Å². The summed E-state index contributed by atoms with van der Waals surface area (Å²) in [4.78, 5) is 21.3. The van der Waals surface area contributed by atoms with Gasteiger partial charge in [0.1, 0.15) is 5.78 Å². The average molecular weight is 210 g/mol. The highest BCUT2D eigenvalue weighted by atomic mass is 32.2. The van der Waals surface area contributed by atoms with Crippen LogP contribution in [0.5, 0.6) is 0 Å². The van der Waals surface area contributed by atoms with Crippen LogP contribution in [0.2, 0.25) is 0 Å². The minimum Gasteiger partial charge on any atom is -0.468 e. The molecule has 0 aromatic carbocycles. The third-order valence-electron chi connectivity index (χ3n) is 1.30. The minimum atomic E-state index is -4.57. The Morgan fingerprint density at radius 1 is 1.46 bits per heavy atom. The molecule has 0 saturated carbocycles. The molecule has 0 aliphatic rings. The first kappa shape index (κ1) is 12.0. The molecule has 0 aromatic rings. The van der Waals surface area contributed by atoms with Gasteiger partial charge in [-0.15, -0.1) is 0 Å². The van der Waals surface area contributed by atoms with Gasteiger partial charge in [0.25, 0.3) is 10.1 Å². The first-order chi connectivity index (χ1) is 5.79. The monoisotopic (exact) mass is 210 g/mol. The fraction of sp³-hybridized carbons (Fsp3) is 0.667. The van der Waals surface area contributed by atoms with Crippen LogP contribution >= 0.6 is 0 Å². The second-order valence-corrected chi connectivity index (χ2v) is 4.03. The van der Waals surface area contributed by atoms with E-state index in [1.807, 2.05) is 0 Å². The van der Waals surface area contributed by atoms with E-state index in [2.05, 4.69) is 4.74 Å². The Balaban J connectivity index is 4.77. The maximum absolute atomic E-state index is 10.8. The van der Waals surface area contributed by atoms with E-state index in [1.165, 1.54) is 0 Å². The molecule has 0 bridgehead atoms. The Morgan fingerprint density at radius 2 is 1.92 bits per heavy atom. The van der Waals surface area contributed by atoms with Crippen molar-refractivity contribution < 1.29 is 27.3 Å². The molecule has 0 amide bonds. The zero-order chi connectivity index (χ0) is 10.6. The zero-order valence-electron chi connectivity index (χ0n) is 7.18. The van der Waals surface area contributed by atoms with E-state index in [9.17, 15) is 18.0 Å². The van der Waals surface area contributed by atoms with Crippen LogP contribution in [0, 0.1) is 0 Å². The molecule has 0 spiro atoms. The smallest absolute Gasteiger partial charge is 0.327 e. The van der Waals surface area contributed by atoms with Gasteiger partial charge in [-0.1, -0.05) is 0 Å². The van der Waals surface area contributed by atoms with Crippen LogP contribution in [0.1, 0.15) is 13.3 Å². The number of hydrogen-bond donors (Lipinski definition) is 1. The number of esters is 1. The molecule has 0 aliphatic carbocycles. The van der Waals surface area contributed by atoms with Crippen molar-refractivity contribution in [2.45, 2.75) is 18.6 Å². The van der Waals surface area contributed by atoms with Crippen molar-refractivity contribution >= 4 is 21.9 Å². The quantitative estimate of drug-likeness (QED) is 0.491. The van der Waals surface area contributed by atoms with Crippen molar-refractivity contribution in [3.05, 3.63) is 0 Å². The van der Waals surface area contributed by atoms with Gasteiger partial charge in [0.15, 0.2) is 5.25 Å². The number of carbonyl (C=O) groups excluding carboxylic acids is 2. The average Bonchev–Trinajstić information content (AvgIpc) is 1.96. The molecule has 0 fully saturated rings. The minimum absolute atomic E-state index is 0.520. The molecule has 0 saturated heterocycles. The molecule has 0 radical (unpaired) electrons. The molecule has 0 aliphatic heterocycles. The van der Waals surface area contributed by atoms with Gasteiger partial charge in [-0.2, -0.15) is 8.42 Å². The van der Waals surface area contributed by atoms with Crippen molar-refractivity contribution in [1.82, 2.24) is 0 Å². The Kier molecular flexibility index (Phi) is 4.02. The molecular formula is C6H10O6S. The van der Waals surface area contributed by atoms with E-state index in [-0.39, 0.29) is 0 Å². The lowest BCUT2D eigenvalue weighted by Gasteiger charge is -2.08. The lowest BCUT2D eigenvalue weighted by Crippen LogP contribution is -2.32. The first-order valence-electron chi connectivity index (χ1n) is 3.32. The third-order valence-corrected chi connectivity index (χ3v) is 2.37. The first-order valence-corrected chi connectivity index (χ1v) is 4.83. The van der Waals surface area contributed by atoms with E-state index >= 15 is 0 Å². The van der Waals surface area contributed by atoms with E-state index in [1.54, 1.807) is 0 Å². The predicted octanol–water partition coefficient (Wildman–Crippen LogP) is -0.605. The van der Waals surface area contributed by atoms with E-state index in [0.717, 1.165) is 14.0 Å². The van der Waals surface area contributed by atoms with E-state index in [4.69, 9.17) is 4.55 Å². The van der Waals surface area contributed by atoms with Crippen molar-refractivity contribution in [2.75, 3.05) is 7.11 Å². The summed E-state index contributed by atoms with van der Waals surface area (Å²) in [7, 11) is -3.59. The van der Waals surface area contributed by atoms with Crippen molar-refractivity contribution in [2.24, 2.45) is 0 Å². The number of Topliss-reactive ketones (excluding diaryl/α,β-unsaturated/α-hetero) is 1. The standard InChI is InChI=1S/C6H10O6S/c1-4(7)3-5(6(8)12-2)13(9,10)11/h5H,3H2,1-2H3,(H,9,10,11). The molecular weight excluding hydrogens is 200 g/mol. The normalized spacial score (nSPS) is 13.5. The maximum Gasteiger partial charge on any atom is 0.327 e. The van der Waals surface area contributed by atoms with Gasteiger partial charge in [-0.3, -0.25) is 14.1 Å². The SMILES string of the molecule is COC(=O)C(CC(C)=O)S(=O)(=O)O. The van der Waals surface area contributed by atoms with Crippen LogP contribution in [-0.2, 0) is 24.4 Å². The number of ketones is 1. The van der Waals surface area contributed by atoms with Gasteiger partial charge < -0.3 is 4.74 Å². The molecule has 7 heteroatoms. The van der Waals surface area contributed by atoms with E-state index < -0.39 is 33.5 Å². The number of carbonyl (C=O) groups is 2. The summed E-state index contributed by atoms with van der Waals surface area (Å²) >= 11 is 0. The molecule has 0 aromatic heterocycles. The largest absolute Gasteiger partial charge is 0.468 e. The van der Waals surface area contributed by atoms with Crippen LogP contribution in [0.15, 0.2) is 0 Å². The van der Waals surface area contributed by atoms with Crippen LogP contribution in [0.4, 0.5) is 0 Å². The third kappa shape index (κ3) is 4.00. The Hall–Kier alpha value is -0.950. The van der Waals surface area contributed by atoms with Crippen LogP contribution in [0.3, 0.4) is 0 Å². The summed E-state index contributed by atoms with van der Waals surface area (Å²) in [6.45, 7) is 1.11. The molecule has 0 heterocycles. The highest BCUT2D eigenvalue weighted by molar-refractivity contribution is 7.87.